The van der Waals surface area contributed by atoms with Crippen molar-refractivity contribution in [2.45, 2.75) is 31.3 Å². The van der Waals surface area contributed by atoms with Gasteiger partial charge in [-0.05, 0) is 13.3 Å². The molecule has 1 aromatic heterocycles. The van der Waals surface area contributed by atoms with Crippen LogP contribution in [0.1, 0.15) is 19.2 Å². The largest absolute Gasteiger partial charge is 0.337 e. The van der Waals surface area contributed by atoms with Crippen LogP contribution in [0, 0.1) is 6.92 Å². The molecule has 5 nitrogen and oxygen atoms in total. The van der Waals surface area contributed by atoms with Gasteiger partial charge in [0.25, 0.3) is 10.0 Å². The fourth-order valence-corrected chi connectivity index (χ4v) is 2.91. The Hall–Kier alpha value is -0.590. The summed E-state index contributed by atoms with van der Waals surface area (Å²) >= 11 is 5.65. The van der Waals surface area contributed by atoms with Gasteiger partial charge < -0.3 is 4.57 Å². The Balaban J connectivity index is 2.94. The summed E-state index contributed by atoms with van der Waals surface area (Å²) < 4.78 is 27.9. The van der Waals surface area contributed by atoms with Crippen molar-refractivity contribution in [3.05, 3.63) is 12.0 Å². The molecule has 0 aliphatic rings. The van der Waals surface area contributed by atoms with E-state index in [0.29, 0.717) is 12.2 Å². The number of nitrogens with zero attached hydrogens (tertiary/aromatic N) is 2. The monoisotopic (exact) mass is 265 g/mol. The summed E-state index contributed by atoms with van der Waals surface area (Å²) in [6, 6.07) is -0.256. The van der Waals surface area contributed by atoms with E-state index in [4.69, 9.17) is 11.6 Å². The van der Waals surface area contributed by atoms with E-state index in [1.165, 1.54) is 6.20 Å². The fourth-order valence-electron chi connectivity index (χ4n) is 1.16. The molecule has 0 amide bonds. The van der Waals surface area contributed by atoms with Crippen molar-refractivity contribution in [2.24, 2.45) is 7.05 Å². The molecule has 0 bridgehead atoms. The Kier molecular flexibility index (Phi) is 4.35. The summed E-state index contributed by atoms with van der Waals surface area (Å²) in [7, 11) is -1.80. The lowest BCUT2D eigenvalue weighted by Gasteiger charge is -2.12. The fraction of sp³-hybridized carbons (Fsp3) is 0.667. The minimum Gasteiger partial charge on any atom is -0.337 e. The molecular formula is C9H16ClN3O2S. The number of hydrogen-bond acceptors (Lipinski definition) is 3. The lowest BCUT2D eigenvalue weighted by atomic mass is 10.3. The Morgan fingerprint density at radius 3 is 2.62 bits per heavy atom. The summed E-state index contributed by atoms with van der Waals surface area (Å²) in [6.07, 6.45) is 2.13. The molecule has 0 spiro atoms. The lowest BCUT2D eigenvalue weighted by Crippen LogP contribution is -2.35. The van der Waals surface area contributed by atoms with Crippen LogP contribution in [0.2, 0.25) is 0 Å². The van der Waals surface area contributed by atoms with Gasteiger partial charge >= 0.3 is 0 Å². The predicted octanol–water partition coefficient (Wildman–Crippen LogP) is 1.02. The maximum absolute atomic E-state index is 11.9. The highest BCUT2D eigenvalue weighted by atomic mass is 35.5. The zero-order chi connectivity index (χ0) is 12.3. The second-order valence-electron chi connectivity index (χ2n) is 3.62. The van der Waals surface area contributed by atoms with E-state index in [9.17, 15) is 8.42 Å². The lowest BCUT2D eigenvalue weighted by molar-refractivity contribution is 0.554. The predicted molar refractivity (Wildman–Crippen MR) is 63.1 cm³/mol. The summed E-state index contributed by atoms with van der Waals surface area (Å²) in [5, 5.41) is 0.0380. The van der Waals surface area contributed by atoms with E-state index in [0.717, 1.165) is 0 Å². The first-order chi connectivity index (χ1) is 7.40. The highest BCUT2D eigenvalue weighted by Crippen LogP contribution is 2.09. The van der Waals surface area contributed by atoms with Gasteiger partial charge in [-0.3, -0.25) is 0 Å². The molecule has 1 N–H and O–H groups in total. The molecule has 1 rings (SSSR count). The van der Waals surface area contributed by atoms with Gasteiger partial charge in [0.15, 0.2) is 5.03 Å². The molecule has 92 valence electrons. The van der Waals surface area contributed by atoms with Gasteiger partial charge in [0.1, 0.15) is 5.82 Å². The first-order valence-electron chi connectivity index (χ1n) is 4.99. The molecule has 7 heteroatoms. The Morgan fingerprint density at radius 2 is 2.25 bits per heavy atom. The Labute approximate surface area is 101 Å². The van der Waals surface area contributed by atoms with E-state index < -0.39 is 10.0 Å². The van der Waals surface area contributed by atoms with Crippen LogP contribution in [0.5, 0.6) is 0 Å². The number of sulfonamides is 1. The molecule has 0 fully saturated rings. The SMILES string of the molecule is CCC(CCl)NS(=O)(=O)c1cn(C)c(C)n1. The summed E-state index contributed by atoms with van der Waals surface area (Å²) in [6.45, 7) is 3.62. The first kappa shape index (κ1) is 13.5. The summed E-state index contributed by atoms with van der Waals surface area (Å²) in [4.78, 5) is 3.97. The van der Waals surface area contributed by atoms with Crippen LogP contribution in [0.25, 0.3) is 0 Å². The van der Waals surface area contributed by atoms with Crippen molar-refractivity contribution in [3.63, 3.8) is 0 Å². The van der Waals surface area contributed by atoms with Gasteiger partial charge in [-0.15, -0.1) is 11.6 Å². The number of aryl methyl sites for hydroxylation is 2. The quantitative estimate of drug-likeness (QED) is 0.809. The van der Waals surface area contributed by atoms with Crippen molar-refractivity contribution in [3.8, 4) is 0 Å². The molecule has 0 saturated heterocycles. The van der Waals surface area contributed by atoms with Gasteiger partial charge in [0.2, 0.25) is 0 Å². The number of halogens is 1. The van der Waals surface area contributed by atoms with E-state index >= 15 is 0 Å². The van der Waals surface area contributed by atoms with E-state index in [2.05, 4.69) is 9.71 Å². The highest BCUT2D eigenvalue weighted by molar-refractivity contribution is 7.89. The second-order valence-corrected chi connectivity index (χ2v) is 5.59. The zero-order valence-electron chi connectivity index (χ0n) is 9.57. The van der Waals surface area contributed by atoms with Crippen LogP contribution in [-0.4, -0.2) is 29.9 Å². The smallest absolute Gasteiger partial charge is 0.259 e. The minimum absolute atomic E-state index is 0.0380. The molecule has 1 unspecified atom stereocenters. The Bertz CT molecular complexity index is 432. The second kappa shape index (κ2) is 5.16. The molecule has 0 aromatic carbocycles. The number of imidazole rings is 1. The van der Waals surface area contributed by atoms with E-state index in [1.54, 1.807) is 18.5 Å². The summed E-state index contributed by atoms with van der Waals surface area (Å²) in [5.74, 6) is 0.904. The van der Waals surface area contributed by atoms with Crippen molar-refractivity contribution >= 4 is 21.6 Å². The number of nitrogens with one attached hydrogen (secondary N) is 1. The standard InChI is InChI=1S/C9H16ClN3O2S/c1-4-8(5-10)12-16(14,15)9-6-13(3)7(2)11-9/h6,8,12H,4-5H2,1-3H3. The third-order valence-electron chi connectivity index (χ3n) is 2.36. The molecule has 0 aliphatic heterocycles. The number of alkyl halides is 1. The molecular weight excluding hydrogens is 250 g/mol. The maximum Gasteiger partial charge on any atom is 0.259 e. The molecule has 16 heavy (non-hydrogen) atoms. The van der Waals surface area contributed by atoms with Gasteiger partial charge in [-0.2, -0.15) is 0 Å². The van der Waals surface area contributed by atoms with Crippen LogP contribution >= 0.6 is 11.6 Å². The van der Waals surface area contributed by atoms with Crippen LogP contribution < -0.4 is 4.72 Å². The van der Waals surface area contributed by atoms with Crippen LogP contribution in [0.3, 0.4) is 0 Å². The van der Waals surface area contributed by atoms with Gasteiger partial charge in [-0.1, -0.05) is 6.92 Å². The van der Waals surface area contributed by atoms with Crippen molar-refractivity contribution in [1.29, 1.82) is 0 Å². The molecule has 0 aliphatic carbocycles. The van der Waals surface area contributed by atoms with E-state index in [1.807, 2.05) is 6.92 Å². The van der Waals surface area contributed by atoms with Gasteiger partial charge in [-0.25, -0.2) is 18.1 Å². The highest BCUT2D eigenvalue weighted by Gasteiger charge is 2.21. The molecule has 1 atom stereocenters. The number of aromatic nitrogens is 2. The van der Waals surface area contributed by atoms with Crippen molar-refractivity contribution in [2.75, 3.05) is 5.88 Å². The van der Waals surface area contributed by atoms with Crippen LogP contribution in [-0.2, 0) is 17.1 Å². The summed E-state index contributed by atoms with van der Waals surface area (Å²) in [5.41, 5.74) is 0. The minimum atomic E-state index is -3.55. The third-order valence-corrected chi connectivity index (χ3v) is 4.13. The average molecular weight is 266 g/mol. The average Bonchev–Trinajstić information content (AvgIpc) is 2.56. The van der Waals surface area contributed by atoms with Gasteiger partial charge in [0.05, 0.1) is 0 Å². The zero-order valence-corrected chi connectivity index (χ0v) is 11.1. The number of hydrogen-bond donors (Lipinski definition) is 1. The van der Waals surface area contributed by atoms with Crippen LogP contribution in [0.4, 0.5) is 0 Å². The van der Waals surface area contributed by atoms with E-state index in [-0.39, 0.29) is 16.9 Å². The first-order valence-corrected chi connectivity index (χ1v) is 7.00. The third kappa shape index (κ3) is 2.96. The van der Waals surface area contributed by atoms with Gasteiger partial charge in [0, 0.05) is 25.2 Å². The molecule has 0 radical (unpaired) electrons. The van der Waals surface area contributed by atoms with Crippen LogP contribution in [0.15, 0.2) is 11.2 Å². The molecule has 0 saturated carbocycles. The van der Waals surface area contributed by atoms with Crippen molar-refractivity contribution < 1.29 is 8.42 Å². The maximum atomic E-state index is 11.9. The Morgan fingerprint density at radius 1 is 1.62 bits per heavy atom. The number of rotatable bonds is 5. The van der Waals surface area contributed by atoms with Crippen molar-refractivity contribution in [1.82, 2.24) is 14.3 Å². The normalized spacial score (nSPS) is 14.0. The molecule has 1 aromatic rings. The molecule has 1 heterocycles. The topological polar surface area (TPSA) is 64.0 Å².